The average molecular weight is 156 g/mol. The first kappa shape index (κ1) is 9.05. The van der Waals surface area contributed by atoms with E-state index in [1.54, 1.807) is 0 Å². The molecule has 1 rings (SSSR count). The van der Waals surface area contributed by atoms with Crippen LogP contribution >= 0.6 is 0 Å². The van der Waals surface area contributed by atoms with Crippen LogP contribution in [0, 0.1) is 17.8 Å². The van der Waals surface area contributed by atoms with Crippen LogP contribution in [0.5, 0.6) is 0 Å². The van der Waals surface area contributed by atoms with Crippen LogP contribution in [0.3, 0.4) is 0 Å². The summed E-state index contributed by atoms with van der Waals surface area (Å²) in [5.41, 5.74) is 0. The Kier molecular flexibility index (Phi) is 2.94. The molecule has 1 saturated carbocycles. The van der Waals surface area contributed by atoms with Crippen LogP contribution in [0.2, 0.25) is 0 Å². The zero-order valence-electron chi connectivity index (χ0n) is 7.88. The normalized spacial score (nSPS) is 39.5. The Bertz CT molecular complexity index is 120. The summed E-state index contributed by atoms with van der Waals surface area (Å²) >= 11 is 0. The van der Waals surface area contributed by atoms with Gasteiger partial charge in [0.15, 0.2) is 0 Å². The minimum atomic E-state index is -0.0289. The topological polar surface area (TPSA) is 20.2 Å². The lowest BCUT2D eigenvalue weighted by atomic mass is 9.75. The molecule has 0 aromatic carbocycles. The fourth-order valence-corrected chi connectivity index (χ4v) is 2.15. The average Bonchev–Trinajstić information content (AvgIpc) is 1.85. The van der Waals surface area contributed by atoms with Crippen molar-refractivity contribution in [2.45, 2.75) is 46.1 Å². The highest BCUT2D eigenvalue weighted by Crippen LogP contribution is 2.33. The highest BCUT2D eigenvalue weighted by Gasteiger charge is 2.28. The Morgan fingerprint density at radius 3 is 2.36 bits per heavy atom. The molecule has 0 bridgehead atoms. The molecule has 0 radical (unpaired) electrons. The molecular weight excluding hydrogens is 136 g/mol. The molecular formula is C10H20O. The Balaban J connectivity index is 2.44. The second kappa shape index (κ2) is 3.57. The highest BCUT2D eigenvalue weighted by atomic mass is 16.3. The number of hydrogen-bond donors (Lipinski definition) is 1. The highest BCUT2D eigenvalue weighted by molar-refractivity contribution is 4.79. The maximum Gasteiger partial charge on any atom is 0.0573 e. The van der Waals surface area contributed by atoms with E-state index in [1.807, 2.05) is 0 Å². The second-order valence-corrected chi connectivity index (χ2v) is 4.39. The molecule has 0 aliphatic heterocycles. The third-order valence-corrected chi connectivity index (χ3v) is 2.99. The largest absolute Gasteiger partial charge is 0.393 e. The first-order valence-corrected chi connectivity index (χ1v) is 4.79. The zero-order chi connectivity index (χ0) is 8.43. The Morgan fingerprint density at radius 2 is 1.91 bits per heavy atom. The van der Waals surface area contributed by atoms with Crippen LogP contribution in [-0.2, 0) is 0 Å². The minimum Gasteiger partial charge on any atom is -0.393 e. The maximum atomic E-state index is 9.71. The number of aliphatic hydroxyl groups excluding tert-OH is 1. The maximum absolute atomic E-state index is 9.71. The molecule has 1 nitrogen and oxygen atoms in total. The molecule has 1 fully saturated rings. The van der Waals surface area contributed by atoms with Gasteiger partial charge in [-0.1, -0.05) is 27.2 Å². The summed E-state index contributed by atoms with van der Waals surface area (Å²) in [6, 6.07) is 0. The molecule has 66 valence electrons. The molecule has 1 aliphatic rings. The van der Waals surface area contributed by atoms with E-state index >= 15 is 0 Å². The molecule has 0 spiro atoms. The lowest BCUT2D eigenvalue weighted by Crippen LogP contribution is -2.31. The molecule has 0 aromatic heterocycles. The Hall–Kier alpha value is -0.0400. The van der Waals surface area contributed by atoms with Gasteiger partial charge in [0.25, 0.3) is 0 Å². The van der Waals surface area contributed by atoms with Crippen LogP contribution in [0.25, 0.3) is 0 Å². The van der Waals surface area contributed by atoms with Gasteiger partial charge in [-0.25, -0.2) is 0 Å². The fourth-order valence-electron chi connectivity index (χ4n) is 2.15. The van der Waals surface area contributed by atoms with Crippen LogP contribution in [0.1, 0.15) is 40.0 Å². The smallest absolute Gasteiger partial charge is 0.0573 e. The van der Waals surface area contributed by atoms with Crippen LogP contribution in [0.15, 0.2) is 0 Å². The summed E-state index contributed by atoms with van der Waals surface area (Å²) < 4.78 is 0. The van der Waals surface area contributed by atoms with Gasteiger partial charge in [0.05, 0.1) is 6.10 Å². The van der Waals surface area contributed by atoms with Crippen LogP contribution in [-0.4, -0.2) is 11.2 Å². The van der Waals surface area contributed by atoms with E-state index in [1.165, 1.54) is 12.8 Å². The van der Waals surface area contributed by atoms with Crippen molar-refractivity contribution in [1.82, 2.24) is 0 Å². The van der Waals surface area contributed by atoms with Crippen LogP contribution in [0.4, 0.5) is 0 Å². The van der Waals surface area contributed by atoms with Crippen molar-refractivity contribution >= 4 is 0 Å². The van der Waals surface area contributed by atoms with Gasteiger partial charge >= 0.3 is 0 Å². The third kappa shape index (κ3) is 2.19. The van der Waals surface area contributed by atoms with Gasteiger partial charge in [-0.05, 0) is 30.6 Å². The Morgan fingerprint density at radius 1 is 1.27 bits per heavy atom. The molecule has 0 aromatic rings. The van der Waals surface area contributed by atoms with E-state index in [0.717, 1.165) is 12.3 Å². The number of rotatable bonds is 1. The van der Waals surface area contributed by atoms with E-state index in [-0.39, 0.29) is 6.10 Å². The minimum absolute atomic E-state index is 0.0289. The molecule has 0 amide bonds. The van der Waals surface area contributed by atoms with Gasteiger partial charge in [0.2, 0.25) is 0 Å². The summed E-state index contributed by atoms with van der Waals surface area (Å²) in [4.78, 5) is 0. The summed E-state index contributed by atoms with van der Waals surface area (Å²) in [6.07, 6.45) is 3.52. The lowest BCUT2D eigenvalue weighted by Gasteiger charge is -2.33. The van der Waals surface area contributed by atoms with E-state index in [2.05, 4.69) is 20.8 Å². The van der Waals surface area contributed by atoms with Crippen molar-refractivity contribution in [3.05, 3.63) is 0 Å². The molecule has 1 N–H and O–H groups in total. The molecule has 11 heavy (non-hydrogen) atoms. The van der Waals surface area contributed by atoms with Crippen molar-refractivity contribution in [3.8, 4) is 0 Å². The molecule has 0 unspecified atom stereocenters. The predicted octanol–water partition coefficient (Wildman–Crippen LogP) is 2.44. The van der Waals surface area contributed by atoms with Crippen molar-refractivity contribution in [1.29, 1.82) is 0 Å². The summed E-state index contributed by atoms with van der Waals surface area (Å²) in [5.74, 6) is 1.95. The van der Waals surface area contributed by atoms with E-state index < -0.39 is 0 Å². The summed E-state index contributed by atoms with van der Waals surface area (Å²) in [6.45, 7) is 6.66. The first-order valence-electron chi connectivity index (χ1n) is 4.79. The summed E-state index contributed by atoms with van der Waals surface area (Å²) in [7, 11) is 0. The van der Waals surface area contributed by atoms with E-state index in [0.29, 0.717) is 11.8 Å². The van der Waals surface area contributed by atoms with E-state index in [4.69, 9.17) is 0 Å². The number of hydrogen-bond acceptors (Lipinski definition) is 1. The van der Waals surface area contributed by atoms with Crippen molar-refractivity contribution in [3.63, 3.8) is 0 Å². The first-order chi connectivity index (χ1) is 5.11. The number of aliphatic hydroxyl groups is 1. The van der Waals surface area contributed by atoms with Crippen molar-refractivity contribution in [2.24, 2.45) is 17.8 Å². The molecule has 1 aliphatic carbocycles. The lowest BCUT2D eigenvalue weighted by molar-refractivity contribution is 0.0266. The third-order valence-electron chi connectivity index (χ3n) is 2.99. The monoisotopic (exact) mass is 156 g/mol. The summed E-state index contributed by atoms with van der Waals surface area (Å²) in [5, 5.41) is 9.71. The zero-order valence-corrected chi connectivity index (χ0v) is 7.88. The van der Waals surface area contributed by atoms with Crippen molar-refractivity contribution < 1.29 is 5.11 Å². The van der Waals surface area contributed by atoms with Gasteiger partial charge < -0.3 is 5.11 Å². The molecule has 0 saturated heterocycles. The van der Waals surface area contributed by atoms with Crippen molar-refractivity contribution in [2.75, 3.05) is 0 Å². The molecule has 1 heteroatoms. The molecule has 3 atom stereocenters. The van der Waals surface area contributed by atoms with Gasteiger partial charge in [0.1, 0.15) is 0 Å². The van der Waals surface area contributed by atoms with Gasteiger partial charge in [0, 0.05) is 0 Å². The fraction of sp³-hybridized carbons (Fsp3) is 1.00. The quantitative estimate of drug-likeness (QED) is 0.618. The van der Waals surface area contributed by atoms with Gasteiger partial charge in [-0.15, -0.1) is 0 Å². The van der Waals surface area contributed by atoms with E-state index in [9.17, 15) is 5.11 Å². The standard InChI is InChI=1S/C10H20O/c1-7(2)9-5-4-8(3)6-10(9)11/h7-11H,4-6H2,1-3H3/t8-,9-,10-/m1/s1. The Labute approximate surface area is 69.8 Å². The van der Waals surface area contributed by atoms with Gasteiger partial charge in [-0.3, -0.25) is 0 Å². The molecule has 0 heterocycles. The van der Waals surface area contributed by atoms with Crippen LogP contribution < -0.4 is 0 Å². The van der Waals surface area contributed by atoms with Gasteiger partial charge in [-0.2, -0.15) is 0 Å². The predicted molar refractivity (Wildman–Crippen MR) is 47.3 cm³/mol. The SMILES string of the molecule is CC(C)[C@H]1CC[C@@H](C)C[C@H]1O. The second-order valence-electron chi connectivity index (χ2n) is 4.39.